The summed E-state index contributed by atoms with van der Waals surface area (Å²) < 4.78 is 7.30. The molecule has 4 aromatic rings. The monoisotopic (exact) mass is 698 g/mol. The number of ether oxygens (including phenoxy) is 1. The van der Waals surface area contributed by atoms with E-state index < -0.39 is 64.7 Å². The van der Waals surface area contributed by atoms with E-state index >= 15 is 0 Å². The van der Waals surface area contributed by atoms with Crippen molar-refractivity contribution >= 4 is 68.6 Å². The van der Waals surface area contributed by atoms with Crippen LogP contribution in [0.4, 0.5) is 10.6 Å². The van der Waals surface area contributed by atoms with Gasteiger partial charge >= 0.3 is 6.09 Å². The number of amides is 5. The van der Waals surface area contributed by atoms with Crippen LogP contribution in [-0.4, -0.2) is 56.6 Å². The molecule has 1 saturated carbocycles. The van der Waals surface area contributed by atoms with Crippen LogP contribution in [0.1, 0.15) is 36.8 Å². The molecule has 4 aliphatic rings. The molecule has 4 heterocycles. The number of rotatable bonds is 3. The van der Waals surface area contributed by atoms with Crippen molar-refractivity contribution < 1.29 is 33.8 Å². The lowest BCUT2D eigenvalue weighted by atomic mass is 9.51. The van der Waals surface area contributed by atoms with Gasteiger partial charge in [-0.25, -0.2) is 9.69 Å². The Bertz CT molecular complexity index is 2210. The number of para-hydroxylation sites is 1. The SMILES string of the molecule is COC(=O)N1C(=O)C2CC=C3C(CC4C(=O)N(c5cc(-c6sc7ccc(Cl)cc7c6C)nn5C)C(=O)C4(C)C3c3ccccc3O)C2C1=O. The molecule has 250 valence electrons. The number of phenolic OH excluding ortho intramolecular Hbond substituents is 1. The number of anilines is 1. The van der Waals surface area contributed by atoms with E-state index in [2.05, 4.69) is 0 Å². The summed E-state index contributed by atoms with van der Waals surface area (Å²) in [7, 11) is 2.79. The van der Waals surface area contributed by atoms with Crippen LogP contribution < -0.4 is 4.90 Å². The maximum Gasteiger partial charge on any atom is 0.423 e. The minimum atomic E-state index is -1.35. The standard InChI is InChI=1S/C36H31ClN4O7S/c1-16-21-13-17(37)9-12-26(21)49-30(16)24-15-27(39(3)38-24)40-32(44)23-14-22-18(10-11-20-28(22)33(45)41(31(20)43)35(47)48-4)29(36(23,2)34(40)46)19-7-5-6-8-25(19)42/h5-10,12-13,15,20,22-23,28-29,42H,11,14H2,1-4H3. The first-order valence-electron chi connectivity index (χ1n) is 15.9. The minimum Gasteiger partial charge on any atom is -0.508 e. The van der Waals surface area contributed by atoms with E-state index in [0.717, 1.165) is 27.6 Å². The number of carbonyl (C=O) groups is 5. The molecule has 0 radical (unpaired) electrons. The molecule has 6 unspecified atom stereocenters. The lowest BCUT2D eigenvalue weighted by molar-refractivity contribution is -0.138. The molecule has 0 spiro atoms. The van der Waals surface area contributed by atoms with E-state index in [0.29, 0.717) is 32.6 Å². The number of hydrogen-bond donors (Lipinski definition) is 1. The largest absolute Gasteiger partial charge is 0.508 e. The summed E-state index contributed by atoms with van der Waals surface area (Å²) in [4.78, 5) is 71.7. The Kier molecular flexibility index (Phi) is 6.96. The first-order valence-corrected chi connectivity index (χ1v) is 17.1. The Labute approximate surface area is 289 Å². The van der Waals surface area contributed by atoms with Crippen LogP contribution >= 0.6 is 22.9 Å². The van der Waals surface area contributed by atoms with Gasteiger partial charge in [0.2, 0.25) is 23.6 Å². The number of allylic oxidation sites excluding steroid dienone is 2. The van der Waals surface area contributed by atoms with Crippen molar-refractivity contribution in [3.05, 3.63) is 76.3 Å². The number of aromatic nitrogens is 2. The van der Waals surface area contributed by atoms with E-state index in [1.807, 2.05) is 31.2 Å². The molecule has 1 N–H and O–H groups in total. The van der Waals surface area contributed by atoms with Gasteiger partial charge < -0.3 is 9.84 Å². The number of hydrogen-bond acceptors (Lipinski definition) is 9. The molecule has 2 saturated heterocycles. The highest BCUT2D eigenvalue weighted by Crippen LogP contribution is 2.64. The second-order valence-electron chi connectivity index (χ2n) is 13.4. The highest BCUT2D eigenvalue weighted by molar-refractivity contribution is 7.22. The lowest BCUT2D eigenvalue weighted by Crippen LogP contribution is -2.49. The van der Waals surface area contributed by atoms with Crippen molar-refractivity contribution in [2.24, 2.45) is 36.1 Å². The van der Waals surface area contributed by atoms with Crippen LogP contribution in [0.3, 0.4) is 0 Å². The molecule has 13 heteroatoms. The molecular weight excluding hydrogens is 668 g/mol. The predicted molar refractivity (Wildman–Crippen MR) is 181 cm³/mol. The van der Waals surface area contributed by atoms with Gasteiger partial charge in [0.05, 0.1) is 35.2 Å². The maximum atomic E-state index is 14.9. The number of thiophene rings is 1. The molecule has 2 aromatic carbocycles. The fourth-order valence-electron chi connectivity index (χ4n) is 8.80. The number of benzene rings is 2. The summed E-state index contributed by atoms with van der Waals surface area (Å²) >= 11 is 7.82. The lowest BCUT2D eigenvalue weighted by Gasteiger charge is -2.49. The van der Waals surface area contributed by atoms with E-state index in [4.69, 9.17) is 21.4 Å². The Morgan fingerprint density at radius 2 is 1.82 bits per heavy atom. The zero-order chi connectivity index (χ0) is 34.7. The van der Waals surface area contributed by atoms with E-state index in [1.54, 1.807) is 49.6 Å². The minimum absolute atomic E-state index is 0.0528. The van der Waals surface area contributed by atoms with Gasteiger partial charge in [-0.2, -0.15) is 10.00 Å². The van der Waals surface area contributed by atoms with Gasteiger partial charge in [-0.05, 0) is 67.8 Å². The summed E-state index contributed by atoms with van der Waals surface area (Å²) in [5.74, 6) is -6.05. The average Bonchev–Trinajstić information content (AvgIpc) is 3.75. The van der Waals surface area contributed by atoms with Gasteiger partial charge in [0.1, 0.15) is 17.3 Å². The first kappa shape index (κ1) is 31.5. The fraction of sp³-hybridized carbons (Fsp3) is 0.333. The average molecular weight is 699 g/mol. The van der Waals surface area contributed by atoms with Crippen molar-refractivity contribution in [3.8, 4) is 16.3 Å². The Hall–Kier alpha value is -4.81. The number of nitrogens with zero attached hydrogens (tertiary/aromatic N) is 4. The number of aromatic hydroxyl groups is 1. The molecule has 0 bridgehead atoms. The quantitative estimate of drug-likeness (QED) is 0.204. The van der Waals surface area contributed by atoms with Crippen molar-refractivity contribution in [1.29, 1.82) is 0 Å². The van der Waals surface area contributed by atoms with Crippen molar-refractivity contribution in [2.45, 2.75) is 32.6 Å². The third-order valence-corrected chi connectivity index (χ3v) is 12.6. The van der Waals surface area contributed by atoms with Crippen molar-refractivity contribution in [1.82, 2.24) is 14.7 Å². The van der Waals surface area contributed by atoms with Gasteiger partial charge in [0.15, 0.2) is 0 Å². The third kappa shape index (κ3) is 4.19. The highest BCUT2D eigenvalue weighted by Gasteiger charge is 2.68. The zero-order valence-corrected chi connectivity index (χ0v) is 28.5. The van der Waals surface area contributed by atoms with Gasteiger partial charge in [-0.15, -0.1) is 11.3 Å². The molecule has 8 rings (SSSR count). The smallest absolute Gasteiger partial charge is 0.423 e. The molecule has 11 nitrogen and oxygen atoms in total. The maximum absolute atomic E-state index is 14.9. The molecular formula is C36H31ClN4O7S. The topological polar surface area (TPSA) is 139 Å². The molecule has 3 fully saturated rings. The van der Waals surface area contributed by atoms with Crippen molar-refractivity contribution in [3.63, 3.8) is 0 Å². The number of methoxy groups -OCH3 is 1. The Morgan fingerprint density at radius 3 is 2.55 bits per heavy atom. The number of aryl methyl sites for hydroxylation is 2. The third-order valence-electron chi connectivity index (χ3n) is 11.1. The number of phenols is 1. The zero-order valence-electron chi connectivity index (χ0n) is 27.0. The second kappa shape index (κ2) is 10.8. The van der Waals surface area contributed by atoms with Crippen LogP contribution in [-0.2, 0) is 31.0 Å². The number of fused-ring (bicyclic) bond motifs is 5. The molecule has 2 aliphatic carbocycles. The molecule has 2 aromatic heterocycles. The van der Waals surface area contributed by atoms with Gasteiger partial charge in [-0.3, -0.25) is 23.9 Å². The second-order valence-corrected chi connectivity index (χ2v) is 14.9. The van der Waals surface area contributed by atoms with E-state index in [9.17, 15) is 29.1 Å². The van der Waals surface area contributed by atoms with Crippen LogP contribution in [0.25, 0.3) is 20.7 Å². The van der Waals surface area contributed by atoms with Gasteiger partial charge in [-0.1, -0.05) is 41.4 Å². The molecule has 2 aliphatic heterocycles. The van der Waals surface area contributed by atoms with Crippen LogP contribution in [0, 0.1) is 36.0 Å². The highest BCUT2D eigenvalue weighted by atomic mass is 35.5. The fourth-order valence-corrected chi connectivity index (χ4v) is 10.1. The summed E-state index contributed by atoms with van der Waals surface area (Å²) in [6.45, 7) is 3.73. The van der Waals surface area contributed by atoms with Gasteiger partial charge in [0, 0.05) is 34.3 Å². The van der Waals surface area contributed by atoms with Crippen molar-refractivity contribution in [2.75, 3.05) is 12.0 Å². The molecule has 49 heavy (non-hydrogen) atoms. The predicted octanol–water partition coefficient (Wildman–Crippen LogP) is 5.97. The Morgan fingerprint density at radius 1 is 1.06 bits per heavy atom. The number of likely N-dealkylation sites (tertiary alicyclic amines) is 1. The molecule has 6 atom stereocenters. The number of halogens is 1. The van der Waals surface area contributed by atoms with E-state index in [-0.39, 0.29) is 18.6 Å². The normalized spacial score (nSPS) is 27.8. The summed E-state index contributed by atoms with van der Waals surface area (Å²) in [5.41, 5.74) is 1.37. The summed E-state index contributed by atoms with van der Waals surface area (Å²) in [6.07, 6.45) is 1.07. The van der Waals surface area contributed by atoms with Gasteiger partial charge in [0.25, 0.3) is 0 Å². The van der Waals surface area contributed by atoms with Crippen LogP contribution in [0.2, 0.25) is 5.02 Å². The van der Waals surface area contributed by atoms with E-state index in [1.165, 1.54) is 15.6 Å². The Balaban J connectivity index is 1.25. The van der Waals surface area contributed by atoms with Crippen LogP contribution in [0.5, 0.6) is 5.75 Å². The molecule has 5 amide bonds. The summed E-state index contributed by atoms with van der Waals surface area (Å²) in [5, 5.41) is 17.5. The summed E-state index contributed by atoms with van der Waals surface area (Å²) in [6, 6.07) is 14.1. The first-order chi connectivity index (χ1) is 23.4. The van der Waals surface area contributed by atoms with Crippen LogP contribution in [0.15, 0.2) is 60.2 Å². The number of imide groups is 4. The number of carbonyl (C=O) groups excluding carboxylic acids is 5.